The number of hydrazine groups is 1. The van der Waals surface area contributed by atoms with Gasteiger partial charge in [-0.1, -0.05) is 50.6 Å². The summed E-state index contributed by atoms with van der Waals surface area (Å²) in [5.41, 5.74) is 6.80. The first-order valence-corrected chi connectivity index (χ1v) is 10.7. The third kappa shape index (κ3) is 7.93. The van der Waals surface area contributed by atoms with Crippen LogP contribution in [0.5, 0.6) is 5.75 Å². The molecular weight excluding hydrogens is 490 g/mol. The molecule has 2 aromatic carbocycles. The second-order valence-corrected chi connectivity index (χ2v) is 9.24. The van der Waals surface area contributed by atoms with Crippen molar-refractivity contribution < 1.29 is 14.3 Å². The number of rotatable bonds is 5. The Labute approximate surface area is 194 Å². The van der Waals surface area contributed by atoms with Gasteiger partial charge in [-0.3, -0.25) is 20.4 Å². The van der Waals surface area contributed by atoms with E-state index in [1.165, 1.54) is 0 Å². The van der Waals surface area contributed by atoms with Crippen LogP contribution >= 0.6 is 39.7 Å². The lowest BCUT2D eigenvalue weighted by atomic mass is 9.87. The number of carbonyl (C=O) groups excluding carboxylic acids is 2. The Kier molecular flexibility index (Phi) is 8.64. The molecule has 30 heavy (non-hydrogen) atoms. The summed E-state index contributed by atoms with van der Waals surface area (Å²) in [5.74, 6) is -0.212. The van der Waals surface area contributed by atoms with Crippen LogP contribution in [0.2, 0.25) is 5.02 Å². The molecule has 0 saturated heterocycles. The van der Waals surface area contributed by atoms with Gasteiger partial charge in [0.1, 0.15) is 5.75 Å². The van der Waals surface area contributed by atoms with Crippen LogP contribution in [0.25, 0.3) is 0 Å². The van der Waals surface area contributed by atoms with Crippen LogP contribution in [0.3, 0.4) is 0 Å². The third-order valence-electron chi connectivity index (χ3n) is 4.00. The number of hydrogen-bond donors (Lipinski definition) is 3. The predicted molar refractivity (Wildman–Crippen MR) is 126 cm³/mol. The minimum Gasteiger partial charge on any atom is -0.483 e. The van der Waals surface area contributed by atoms with Crippen LogP contribution in [0.15, 0.2) is 46.9 Å². The van der Waals surface area contributed by atoms with E-state index in [0.29, 0.717) is 10.8 Å². The van der Waals surface area contributed by atoms with Gasteiger partial charge in [-0.05, 0) is 69.0 Å². The van der Waals surface area contributed by atoms with Crippen molar-refractivity contribution in [3.05, 3.63) is 63.1 Å². The molecule has 0 radical (unpaired) electrons. The van der Waals surface area contributed by atoms with Crippen LogP contribution in [0.1, 0.15) is 31.9 Å². The fourth-order valence-corrected chi connectivity index (χ4v) is 3.16. The molecule has 0 aliphatic rings. The molecule has 3 N–H and O–H groups in total. The van der Waals surface area contributed by atoms with Gasteiger partial charge >= 0.3 is 0 Å². The first-order chi connectivity index (χ1) is 14.0. The molecule has 0 unspecified atom stereocenters. The molecule has 0 aromatic heterocycles. The second-order valence-electron chi connectivity index (χ2n) is 7.54. The highest BCUT2D eigenvalue weighted by atomic mass is 79.9. The fourth-order valence-electron chi connectivity index (χ4n) is 2.38. The number of benzene rings is 2. The van der Waals surface area contributed by atoms with Gasteiger partial charge in [0.05, 0.1) is 10.9 Å². The molecule has 0 fully saturated rings. The molecule has 2 amide bonds. The van der Waals surface area contributed by atoms with Crippen LogP contribution in [-0.2, 0) is 21.4 Å². The number of hydrogen-bond acceptors (Lipinski definition) is 4. The summed E-state index contributed by atoms with van der Waals surface area (Å²) in [4.78, 5) is 24.0. The topological polar surface area (TPSA) is 79.5 Å². The zero-order valence-electron chi connectivity index (χ0n) is 16.8. The predicted octanol–water partition coefficient (Wildman–Crippen LogP) is 4.04. The molecule has 6 nitrogen and oxygen atoms in total. The first kappa shape index (κ1) is 24.1. The van der Waals surface area contributed by atoms with Gasteiger partial charge < -0.3 is 10.1 Å². The van der Waals surface area contributed by atoms with Crippen molar-refractivity contribution in [2.45, 2.75) is 32.6 Å². The minimum atomic E-state index is -0.448. The zero-order chi connectivity index (χ0) is 22.3. The summed E-state index contributed by atoms with van der Waals surface area (Å²) >= 11 is 14.3. The molecule has 0 saturated carbocycles. The number of carbonyl (C=O) groups is 2. The van der Waals surface area contributed by atoms with Crippen molar-refractivity contribution in [1.29, 1.82) is 0 Å². The van der Waals surface area contributed by atoms with Crippen molar-refractivity contribution in [2.75, 3.05) is 6.61 Å². The van der Waals surface area contributed by atoms with Gasteiger partial charge in [-0.15, -0.1) is 0 Å². The van der Waals surface area contributed by atoms with Crippen LogP contribution in [-0.4, -0.2) is 23.5 Å². The van der Waals surface area contributed by atoms with Crippen molar-refractivity contribution in [3.8, 4) is 5.75 Å². The van der Waals surface area contributed by atoms with Crippen molar-refractivity contribution in [2.24, 2.45) is 0 Å². The Morgan fingerprint density at radius 2 is 1.73 bits per heavy atom. The van der Waals surface area contributed by atoms with Crippen molar-refractivity contribution in [3.63, 3.8) is 0 Å². The summed E-state index contributed by atoms with van der Waals surface area (Å²) in [7, 11) is 0. The number of nitrogens with one attached hydrogen (secondary N) is 3. The van der Waals surface area contributed by atoms with Gasteiger partial charge in [0.25, 0.3) is 5.91 Å². The molecule has 2 rings (SSSR count). The molecule has 160 valence electrons. The molecule has 2 aromatic rings. The highest BCUT2D eigenvalue weighted by molar-refractivity contribution is 9.10. The van der Waals surface area contributed by atoms with Gasteiger partial charge in [0.15, 0.2) is 11.7 Å². The fraction of sp³-hybridized carbons (Fsp3) is 0.286. The number of halogens is 2. The molecule has 0 spiro atoms. The summed E-state index contributed by atoms with van der Waals surface area (Å²) in [6, 6.07) is 12.7. The lowest BCUT2D eigenvalue weighted by Gasteiger charge is -2.20. The molecule has 0 atom stereocenters. The standard InChI is InChI=1S/C21H23BrClN3O3S/c1-21(2,3)14-6-9-17(16(22)11-14)29-12-19(28)25-26-20(30)24-18(27)10-13-4-7-15(23)8-5-13/h4-9,11H,10,12H2,1-3H3,(H,25,28)(H2,24,26,27,30). The van der Waals surface area contributed by atoms with E-state index >= 15 is 0 Å². The van der Waals surface area contributed by atoms with Crippen LogP contribution in [0.4, 0.5) is 0 Å². The van der Waals surface area contributed by atoms with Gasteiger partial charge in [0, 0.05) is 5.02 Å². The average Bonchev–Trinajstić information content (AvgIpc) is 2.66. The van der Waals surface area contributed by atoms with E-state index in [1.807, 2.05) is 18.2 Å². The lowest BCUT2D eigenvalue weighted by molar-refractivity contribution is -0.124. The third-order valence-corrected chi connectivity index (χ3v) is 5.08. The molecule has 0 aliphatic heterocycles. The maximum Gasteiger partial charge on any atom is 0.276 e. The smallest absolute Gasteiger partial charge is 0.276 e. The number of ether oxygens (including phenoxy) is 1. The van der Waals surface area contributed by atoms with E-state index in [0.717, 1.165) is 15.6 Å². The van der Waals surface area contributed by atoms with Gasteiger partial charge in [-0.25, -0.2) is 0 Å². The minimum absolute atomic E-state index is 0.00995. The molecular formula is C21H23BrClN3O3S. The Balaban J connectivity index is 1.74. The summed E-state index contributed by atoms with van der Waals surface area (Å²) in [5, 5.41) is 3.07. The number of amides is 2. The van der Waals surface area contributed by atoms with Crippen LogP contribution < -0.4 is 20.9 Å². The van der Waals surface area contributed by atoms with Crippen molar-refractivity contribution >= 4 is 56.7 Å². The molecule has 0 bridgehead atoms. The lowest BCUT2D eigenvalue weighted by Crippen LogP contribution is -2.49. The molecule has 9 heteroatoms. The van der Waals surface area contributed by atoms with E-state index in [9.17, 15) is 9.59 Å². The largest absolute Gasteiger partial charge is 0.483 e. The highest BCUT2D eigenvalue weighted by Crippen LogP contribution is 2.31. The summed E-state index contributed by atoms with van der Waals surface area (Å²) in [6.07, 6.45) is 0.134. The Bertz CT molecular complexity index is 930. The van der Waals surface area contributed by atoms with Gasteiger partial charge in [0.2, 0.25) is 5.91 Å². The molecule has 0 aliphatic carbocycles. The van der Waals surface area contributed by atoms with E-state index in [4.69, 9.17) is 28.6 Å². The van der Waals surface area contributed by atoms with E-state index in [2.05, 4.69) is 52.9 Å². The van der Waals surface area contributed by atoms with E-state index in [-0.39, 0.29) is 29.5 Å². The first-order valence-electron chi connectivity index (χ1n) is 9.10. The average molecular weight is 513 g/mol. The van der Waals surface area contributed by atoms with E-state index < -0.39 is 5.91 Å². The van der Waals surface area contributed by atoms with Gasteiger partial charge in [-0.2, -0.15) is 0 Å². The number of thiocarbonyl (C=S) groups is 1. The SMILES string of the molecule is CC(C)(C)c1ccc(OCC(=O)NNC(=S)NC(=O)Cc2ccc(Cl)cc2)c(Br)c1. The maximum atomic E-state index is 12.0. The van der Waals surface area contributed by atoms with Crippen LogP contribution in [0, 0.1) is 0 Å². The zero-order valence-corrected chi connectivity index (χ0v) is 20.0. The Morgan fingerprint density at radius 1 is 1.07 bits per heavy atom. The monoisotopic (exact) mass is 511 g/mol. The summed E-state index contributed by atoms with van der Waals surface area (Å²) < 4.78 is 6.29. The quantitative estimate of drug-likeness (QED) is 0.416. The maximum absolute atomic E-state index is 12.0. The summed E-state index contributed by atoms with van der Waals surface area (Å²) in [6.45, 7) is 6.13. The van der Waals surface area contributed by atoms with Crippen molar-refractivity contribution in [1.82, 2.24) is 16.2 Å². The van der Waals surface area contributed by atoms with E-state index in [1.54, 1.807) is 24.3 Å². The normalized spacial score (nSPS) is 10.8. The molecule has 0 heterocycles. The Hall–Kier alpha value is -2.16. The highest BCUT2D eigenvalue weighted by Gasteiger charge is 2.16. The Morgan fingerprint density at radius 3 is 2.33 bits per heavy atom. The second kappa shape index (κ2) is 10.7.